The van der Waals surface area contributed by atoms with Gasteiger partial charge in [-0.05, 0) is 83.6 Å². The second-order valence-electron chi connectivity index (χ2n) is 14.1. The molecule has 0 radical (unpaired) electrons. The van der Waals surface area contributed by atoms with Gasteiger partial charge >= 0.3 is 6.09 Å². The van der Waals surface area contributed by atoms with Gasteiger partial charge in [0.25, 0.3) is 5.56 Å². The third kappa shape index (κ3) is 8.56. The molecule has 0 bridgehead atoms. The van der Waals surface area contributed by atoms with E-state index in [1.807, 2.05) is 37.2 Å². The molecule has 4 aromatic rings. The van der Waals surface area contributed by atoms with E-state index >= 15 is 0 Å². The number of methoxy groups -OCH3 is 2. The van der Waals surface area contributed by atoms with Crippen LogP contribution in [0.5, 0.6) is 11.5 Å². The smallest absolute Gasteiger partial charge is 0.420 e. The highest BCUT2D eigenvalue weighted by Crippen LogP contribution is 2.45. The van der Waals surface area contributed by atoms with Crippen LogP contribution >= 0.6 is 23.2 Å². The first-order chi connectivity index (χ1) is 25.0. The minimum atomic E-state index is -0.837. The van der Waals surface area contributed by atoms with Crippen molar-refractivity contribution in [3.05, 3.63) is 74.6 Å². The predicted molar refractivity (Wildman–Crippen MR) is 212 cm³/mol. The van der Waals surface area contributed by atoms with E-state index in [1.54, 1.807) is 67.6 Å². The highest BCUT2D eigenvalue weighted by molar-refractivity contribution is 6.41. The average Bonchev–Trinajstić information content (AvgIpc) is 3.09. The van der Waals surface area contributed by atoms with Gasteiger partial charge in [0, 0.05) is 55.8 Å². The number of nitrogen functional groups attached to an aromatic ring is 1. The summed E-state index contributed by atoms with van der Waals surface area (Å²) in [6.45, 7) is 9.05. The average molecular weight is 766 g/mol. The number of amides is 2. The summed E-state index contributed by atoms with van der Waals surface area (Å²) in [5, 5.41) is 0.919. The van der Waals surface area contributed by atoms with Gasteiger partial charge in [-0.2, -0.15) is 0 Å². The highest BCUT2D eigenvalue weighted by atomic mass is 35.5. The van der Waals surface area contributed by atoms with E-state index in [1.165, 1.54) is 19.1 Å². The van der Waals surface area contributed by atoms with Gasteiger partial charge in [0.15, 0.2) is 0 Å². The van der Waals surface area contributed by atoms with Crippen molar-refractivity contribution in [1.82, 2.24) is 19.4 Å². The molecule has 0 saturated heterocycles. The first kappa shape index (κ1) is 39.4. The van der Waals surface area contributed by atoms with Crippen LogP contribution in [-0.2, 0) is 16.1 Å². The molecule has 14 heteroatoms. The van der Waals surface area contributed by atoms with E-state index < -0.39 is 11.7 Å². The fourth-order valence-electron chi connectivity index (χ4n) is 6.25. The molecule has 1 aliphatic rings. The van der Waals surface area contributed by atoms with Crippen LogP contribution in [0.25, 0.3) is 27.6 Å². The number of rotatable bonds is 10. The predicted octanol–water partition coefficient (Wildman–Crippen LogP) is 7.63. The number of aromatic nitrogens is 2. The number of carbonyl (C=O) groups excluding carboxylic acids is 2. The van der Waals surface area contributed by atoms with Crippen LogP contribution in [-0.4, -0.2) is 84.9 Å². The maximum atomic E-state index is 14.5. The second kappa shape index (κ2) is 16.1. The molecule has 0 atom stereocenters. The number of nitrogens with two attached hydrogens (primary N) is 1. The first-order valence-corrected chi connectivity index (χ1v) is 18.0. The number of fused-ring (bicyclic) bond motifs is 1. The zero-order chi connectivity index (χ0) is 38.8. The van der Waals surface area contributed by atoms with Gasteiger partial charge in [0.05, 0.1) is 46.7 Å². The summed E-state index contributed by atoms with van der Waals surface area (Å²) in [5.41, 5.74) is 9.14. The summed E-state index contributed by atoms with van der Waals surface area (Å²) < 4.78 is 18.5. The number of benzene rings is 2. The Morgan fingerprint density at radius 3 is 2.25 bits per heavy atom. The van der Waals surface area contributed by atoms with Crippen molar-refractivity contribution in [2.75, 3.05) is 58.6 Å². The molecule has 282 valence electrons. The Morgan fingerprint density at radius 1 is 1.02 bits per heavy atom. The summed E-state index contributed by atoms with van der Waals surface area (Å²) in [5.74, 6) is 0.820. The van der Waals surface area contributed by atoms with E-state index in [2.05, 4.69) is 0 Å². The lowest BCUT2D eigenvalue weighted by Gasteiger charge is -2.29. The largest absolute Gasteiger partial charge is 0.495 e. The number of anilines is 3. The quantitative estimate of drug-likeness (QED) is 0.162. The summed E-state index contributed by atoms with van der Waals surface area (Å²) in [4.78, 5) is 50.2. The van der Waals surface area contributed by atoms with Crippen LogP contribution in [0.4, 0.5) is 22.0 Å². The van der Waals surface area contributed by atoms with E-state index in [4.69, 9.17) is 48.1 Å². The maximum Gasteiger partial charge on any atom is 0.420 e. The molecule has 3 heterocycles. The molecular weight excluding hydrogens is 719 g/mol. The van der Waals surface area contributed by atoms with Gasteiger partial charge in [-0.25, -0.2) is 14.7 Å². The van der Waals surface area contributed by atoms with Crippen molar-refractivity contribution < 1.29 is 23.8 Å². The lowest BCUT2D eigenvalue weighted by atomic mass is 9.98. The lowest BCUT2D eigenvalue weighted by molar-refractivity contribution is -0.128. The Morgan fingerprint density at radius 2 is 1.70 bits per heavy atom. The normalized spacial score (nSPS) is 13.3. The molecule has 0 saturated carbocycles. The summed E-state index contributed by atoms with van der Waals surface area (Å²) in [7, 11) is 6.86. The number of pyridine rings is 2. The SMILES string of the molecule is COc1cc(OC)c(Cl)c(-c2cc3cnc(N(C(=O)OC(C)(C)C)c4ccc(C5=CCN(C(C)=O)CC5)cc4N)cc3n(CCCN(C)C)c2=O)c1Cl. The fraction of sp³-hybridized carbons (Fsp3) is 0.385. The minimum Gasteiger partial charge on any atom is -0.495 e. The van der Waals surface area contributed by atoms with Crippen molar-refractivity contribution in [2.24, 2.45) is 0 Å². The number of hydrogen-bond acceptors (Lipinski definition) is 9. The number of hydrogen-bond donors (Lipinski definition) is 1. The Balaban J connectivity index is 1.69. The van der Waals surface area contributed by atoms with Gasteiger partial charge < -0.3 is 34.3 Å². The molecule has 2 aromatic carbocycles. The van der Waals surface area contributed by atoms with Crippen molar-refractivity contribution >= 4 is 68.9 Å². The standard InChI is InChI=1S/C39H46Cl2N6O6/c1-23(48)45-16-12-24(13-17-45)25-10-11-29(28(42)19-25)47(38(50)53-39(2,3)4)33-20-30-26(22-43-33)18-27(37(49)46(30)15-9-14-44(5)6)34-35(40)31(51-7)21-32(52-8)36(34)41/h10-12,18-22H,9,13-17,42H2,1-8H3. The molecule has 2 amide bonds. The Bertz CT molecular complexity index is 2110. The van der Waals surface area contributed by atoms with Crippen LogP contribution in [0.2, 0.25) is 10.0 Å². The van der Waals surface area contributed by atoms with Crippen LogP contribution in [0.1, 0.15) is 46.1 Å². The Labute approximate surface area is 319 Å². The monoisotopic (exact) mass is 764 g/mol. The molecule has 0 spiro atoms. The molecule has 2 N–H and O–H groups in total. The number of carbonyl (C=O) groups is 2. The highest BCUT2D eigenvalue weighted by Gasteiger charge is 2.29. The van der Waals surface area contributed by atoms with E-state index in [0.717, 1.165) is 11.1 Å². The van der Waals surface area contributed by atoms with Crippen molar-refractivity contribution in [3.8, 4) is 22.6 Å². The van der Waals surface area contributed by atoms with Crippen LogP contribution in [0.15, 0.2) is 53.5 Å². The van der Waals surface area contributed by atoms with Crippen LogP contribution < -0.4 is 25.7 Å². The van der Waals surface area contributed by atoms with Crippen molar-refractivity contribution in [1.29, 1.82) is 0 Å². The summed E-state index contributed by atoms with van der Waals surface area (Å²) >= 11 is 13.6. The van der Waals surface area contributed by atoms with Gasteiger partial charge in [0.1, 0.15) is 22.9 Å². The Hall–Kier alpha value is -4.78. The molecule has 0 fully saturated rings. The summed E-state index contributed by atoms with van der Waals surface area (Å²) in [6, 6.07) is 10.4. The van der Waals surface area contributed by atoms with Crippen molar-refractivity contribution in [2.45, 2.75) is 52.7 Å². The fourth-order valence-corrected chi connectivity index (χ4v) is 6.95. The molecule has 1 aliphatic heterocycles. The molecule has 12 nitrogen and oxygen atoms in total. The molecule has 5 rings (SSSR count). The number of ether oxygens (including phenoxy) is 3. The second-order valence-corrected chi connectivity index (χ2v) is 14.8. The summed E-state index contributed by atoms with van der Waals surface area (Å²) in [6.07, 6.45) is 4.22. The van der Waals surface area contributed by atoms with E-state index in [0.29, 0.717) is 72.8 Å². The third-order valence-electron chi connectivity index (χ3n) is 8.89. The van der Waals surface area contributed by atoms with Gasteiger partial charge in [-0.15, -0.1) is 0 Å². The first-order valence-electron chi connectivity index (χ1n) is 17.2. The van der Waals surface area contributed by atoms with Crippen LogP contribution in [0.3, 0.4) is 0 Å². The Kier molecular flexibility index (Phi) is 12.0. The zero-order valence-corrected chi connectivity index (χ0v) is 32.9. The zero-order valence-electron chi connectivity index (χ0n) is 31.4. The lowest BCUT2D eigenvalue weighted by Crippen LogP contribution is -2.35. The molecule has 0 aliphatic carbocycles. The maximum absolute atomic E-state index is 14.5. The van der Waals surface area contributed by atoms with Gasteiger partial charge in [-0.1, -0.05) is 35.3 Å². The van der Waals surface area contributed by atoms with E-state index in [9.17, 15) is 14.4 Å². The molecule has 2 aromatic heterocycles. The minimum absolute atomic E-state index is 0.0264. The number of aryl methyl sites for hydroxylation is 1. The van der Waals surface area contributed by atoms with E-state index in [-0.39, 0.29) is 38.5 Å². The van der Waals surface area contributed by atoms with Crippen molar-refractivity contribution in [3.63, 3.8) is 0 Å². The number of nitrogens with zero attached hydrogens (tertiary/aromatic N) is 5. The number of halogens is 2. The third-order valence-corrected chi connectivity index (χ3v) is 9.64. The molecule has 53 heavy (non-hydrogen) atoms. The topological polar surface area (TPSA) is 132 Å². The van der Waals surface area contributed by atoms with Gasteiger partial charge in [0.2, 0.25) is 5.91 Å². The molecular formula is C39H46Cl2N6O6. The van der Waals surface area contributed by atoms with Crippen LogP contribution in [0, 0.1) is 0 Å². The molecule has 0 unspecified atom stereocenters. The van der Waals surface area contributed by atoms with Gasteiger partial charge in [-0.3, -0.25) is 9.59 Å².